The Morgan fingerprint density at radius 3 is 2.22 bits per heavy atom. The van der Waals surface area contributed by atoms with Crippen LogP contribution in [0.3, 0.4) is 0 Å². The molecular weight excluding hydrogens is 232 g/mol. The highest BCUT2D eigenvalue weighted by Gasteiger charge is 2.50. The average Bonchev–Trinajstić information content (AvgIpc) is 2.27. The van der Waals surface area contributed by atoms with E-state index in [4.69, 9.17) is 14.5 Å². The molecule has 2 fully saturated rings. The summed E-state index contributed by atoms with van der Waals surface area (Å²) in [7, 11) is 1.76. The van der Waals surface area contributed by atoms with Crippen LogP contribution in [0.2, 0.25) is 0 Å². The Labute approximate surface area is 109 Å². The fourth-order valence-corrected chi connectivity index (χ4v) is 2.86. The van der Waals surface area contributed by atoms with Crippen LogP contribution in [0.25, 0.3) is 0 Å². The zero-order valence-electron chi connectivity index (χ0n) is 11.3. The second-order valence-electron chi connectivity index (χ2n) is 5.31. The summed E-state index contributed by atoms with van der Waals surface area (Å²) >= 11 is 0. The van der Waals surface area contributed by atoms with Gasteiger partial charge >= 0.3 is 0 Å². The Kier molecular flexibility index (Phi) is 5.14. The molecule has 2 aliphatic heterocycles. The molecule has 0 unspecified atom stereocenters. The lowest BCUT2D eigenvalue weighted by Crippen LogP contribution is -2.72. The van der Waals surface area contributed by atoms with Crippen LogP contribution in [-0.2, 0) is 14.5 Å². The van der Waals surface area contributed by atoms with Gasteiger partial charge in [0.15, 0.2) is 0 Å². The molecule has 1 spiro atoms. The molecule has 0 atom stereocenters. The molecule has 0 N–H and O–H groups in total. The molecule has 5 nitrogen and oxygen atoms in total. The van der Waals surface area contributed by atoms with Crippen LogP contribution in [-0.4, -0.2) is 76.0 Å². The van der Waals surface area contributed by atoms with Crippen LogP contribution in [0.15, 0.2) is 12.7 Å². The standard InChI is InChI=1S/C13H24N2O3/c1-3-6-17-18-8-5-15-11-13(12-15)9-14(10-13)4-7-16-2/h3H,1,4-12H2,2H3. The van der Waals surface area contributed by atoms with Gasteiger partial charge in [0.2, 0.25) is 0 Å². The van der Waals surface area contributed by atoms with Gasteiger partial charge in [0.05, 0.1) is 13.2 Å². The van der Waals surface area contributed by atoms with E-state index in [1.807, 2.05) is 0 Å². The number of rotatable bonds is 9. The summed E-state index contributed by atoms with van der Waals surface area (Å²) in [6.07, 6.45) is 1.68. The number of hydrogen-bond donors (Lipinski definition) is 0. The summed E-state index contributed by atoms with van der Waals surface area (Å²) in [5, 5.41) is 0. The summed E-state index contributed by atoms with van der Waals surface area (Å²) in [5.74, 6) is 0. The smallest absolute Gasteiger partial charge is 0.100 e. The Morgan fingerprint density at radius 2 is 1.67 bits per heavy atom. The minimum Gasteiger partial charge on any atom is -0.383 e. The van der Waals surface area contributed by atoms with E-state index in [9.17, 15) is 0 Å². The highest BCUT2D eigenvalue weighted by molar-refractivity contribution is 5.05. The monoisotopic (exact) mass is 256 g/mol. The largest absolute Gasteiger partial charge is 0.383 e. The van der Waals surface area contributed by atoms with Crippen molar-refractivity contribution in [3.05, 3.63) is 12.7 Å². The minimum atomic E-state index is 0.457. The lowest BCUT2D eigenvalue weighted by molar-refractivity contribution is -0.290. The predicted molar refractivity (Wildman–Crippen MR) is 69.3 cm³/mol. The molecule has 0 bridgehead atoms. The molecule has 0 aromatic rings. The Hall–Kier alpha value is -0.460. The van der Waals surface area contributed by atoms with Gasteiger partial charge in [-0.05, 0) is 0 Å². The quantitative estimate of drug-likeness (QED) is 0.258. The summed E-state index contributed by atoms with van der Waals surface area (Å²) in [6, 6.07) is 0. The Morgan fingerprint density at radius 1 is 1.06 bits per heavy atom. The lowest BCUT2D eigenvalue weighted by Gasteiger charge is -2.60. The molecule has 0 aromatic heterocycles. The van der Waals surface area contributed by atoms with Crippen molar-refractivity contribution >= 4 is 0 Å². The van der Waals surface area contributed by atoms with E-state index in [-0.39, 0.29) is 0 Å². The number of hydrogen-bond acceptors (Lipinski definition) is 5. The third-order valence-electron chi connectivity index (χ3n) is 3.61. The van der Waals surface area contributed by atoms with Gasteiger partial charge in [-0.3, -0.25) is 9.80 Å². The third-order valence-corrected chi connectivity index (χ3v) is 3.61. The van der Waals surface area contributed by atoms with E-state index in [2.05, 4.69) is 16.4 Å². The molecule has 18 heavy (non-hydrogen) atoms. The first-order valence-electron chi connectivity index (χ1n) is 6.57. The van der Waals surface area contributed by atoms with Crippen LogP contribution < -0.4 is 0 Å². The SMILES string of the molecule is C=CCOOCCN1CC2(CN(CCOC)C2)C1. The molecule has 2 aliphatic rings. The maximum atomic E-state index is 5.08. The van der Waals surface area contributed by atoms with Crippen molar-refractivity contribution in [2.75, 3.05) is 66.2 Å². The van der Waals surface area contributed by atoms with E-state index < -0.39 is 0 Å². The Bertz CT molecular complexity index is 259. The van der Waals surface area contributed by atoms with Crippen LogP contribution >= 0.6 is 0 Å². The van der Waals surface area contributed by atoms with Gasteiger partial charge in [0.1, 0.15) is 6.61 Å². The Balaban J connectivity index is 1.46. The van der Waals surface area contributed by atoms with E-state index in [1.54, 1.807) is 13.2 Å². The van der Waals surface area contributed by atoms with Crippen molar-refractivity contribution < 1.29 is 14.5 Å². The van der Waals surface area contributed by atoms with Gasteiger partial charge in [0, 0.05) is 51.8 Å². The van der Waals surface area contributed by atoms with Crippen molar-refractivity contribution in [3.63, 3.8) is 0 Å². The fraction of sp³-hybridized carbons (Fsp3) is 0.846. The van der Waals surface area contributed by atoms with Gasteiger partial charge in [-0.25, -0.2) is 9.78 Å². The molecule has 2 saturated heterocycles. The van der Waals surface area contributed by atoms with Crippen LogP contribution in [0.4, 0.5) is 0 Å². The molecule has 104 valence electrons. The van der Waals surface area contributed by atoms with Crippen LogP contribution in [0, 0.1) is 5.41 Å². The summed E-state index contributed by atoms with van der Waals surface area (Å²) in [5.41, 5.74) is 0.565. The van der Waals surface area contributed by atoms with Crippen LogP contribution in [0.5, 0.6) is 0 Å². The second-order valence-corrected chi connectivity index (χ2v) is 5.31. The highest BCUT2D eigenvalue weighted by atomic mass is 17.2. The molecule has 2 rings (SSSR count). The molecule has 0 saturated carbocycles. The van der Waals surface area contributed by atoms with Gasteiger partial charge in [0.25, 0.3) is 0 Å². The first-order chi connectivity index (χ1) is 8.78. The summed E-state index contributed by atoms with van der Waals surface area (Å²) in [6.45, 7) is 12.4. The maximum absolute atomic E-state index is 5.08. The third kappa shape index (κ3) is 3.52. The van der Waals surface area contributed by atoms with Crippen molar-refractivity contribution in [3.8, 4) is 0 Å². The van der Waals surface area contributed by atoms with Crippen molar-refractivity contribution in [2.24, 2.45) is 5.41 Å². The van der Waals surface area contributed by atoms with Crippen LogP contribution in [0.1, 0.15) is 0 Å². The predicted octanol–water partition coefficient (Wildman–Crippen LogP) is 0.385. The average molecular weight is 256 g/mol. The maximum Gasteiger partial charge on any atom is 0.100 e. The molecule has 0 radical (unpaired) electrons. The number of nitrogens with zero attached hydrogens (tertiary/aromatic N) is 2. The van der Waals surface area contributed by atoms with Crippen molar-refractivity contribution in [2.45, 2.75) is 0 Å². The molecular formula is C13H24N2O3. The summed E-state index contributed by atoms with van der Waals surface area (Å²) < 4.78 is 5.08. The van der Waals surface area contributed by atoms with Gasteiger partial charge in [-0.2, -0.15) is 0 Å². The highest BCUT2D eigenvalue weighted by Crippen LogP contribution is 2.38. The van der Waals surface area contributed by atoms with Crippen molar-refractivity contribution in [1.29, 1.82) is 0 Å². The number of ether oxygens (including phenoxy) is 1. The molecule has 0 aliphatic carbocycles. The van der Waals surface area contributed by atoms with Gasteiger partial charge < -0.3 is 4.74 Å². The summed E-state index contributed by atoms with van der Waals surface area (Å²) in [4.78, 5) is 14.8. The molecule has 0 amide bonds. The normalized spacial score (nSPS) is 22.7. The van der Waals surface area contributed by atoms with E-state index >= 15 is 0 Å². The molecule has 5 heteroatoms. The first-order valence-corrected chi connectivity index (χ1v) is 6.57. The number of likely N-dealkylation sites (tertiary alicyclic amines) is 2. The van der Waals surface area contributed by atoms with E-state index in [0.717, 1.165) is 19.7 Å². The lowest BCUT2D eigenvalue weighted by atomic mass is 9.73. The first kappa shape index (κ1) is 14.0. The van der Waals surface area contributed by atoms with E-state index in [0.29, 0.717) is 18.6 Å². The zero-order valence-corrected chi connectivity index (χ0v) is 11.3. The molecule has 2 heterocycles. The number of methoxy groups -OCH3 is 1. The van der Waals surface area contributed by atoms with Gasteiger partial charge in [-0.15, -0.1) is 6.58 Å². The molecule has 0 aromatic carbocycles. The van der Waals surface area contributed by atoms with E-state index in [1.165, 1.54) is 26.2 Å². The topological polar surface area (TPSA) is 34.2 Å². The zero-order chi connectivity index (χ0) is 12.8. The minimum absolute atomic E-state index is 0.457. The van der Waals surface area contributed by atoms with Crippen molar-refractivity contribution in [1.82, 2.24) is 9.80 Å². The van der Waals surface area contributed by atoms with Gasteiger partial charge in [-0.1, -0.05) is 6.08 Å². The second kappa shape index (κ2) is 6.63. The fourth-order valence-electron chi connectivity index (χ4n) is 2.86.